The number of rotatable bonds is 3. The fourth-order valence-corrected chi connectivity index (χ4v) is 3.33. The molecule has 0 aromatic carbocycles. The molecule has 4 nitrogen and oxygen atoms in total. The zero-order valence-electron chi connectivity index (χ0n) is 11.5. The van der Waals surface area contributed by atoms with Gasteiger partial charge in [-0.25, -0.2) is 4.98 Å². The average Bonchev–Trinajstić information content (AvgIpc) is 2.93. The highest BCUT2D eigenvalue weighted by molar-refractivity contribution is 5.34. The number of nitrogens with zero attached hydrogens (tertiary/aromatic N) is 3. The van der Waals surface area contributed by atoms with Crippen molar-refractivity contribution in [2.24, 2.45) is 11.8 Å². The van der Waals surface area contributed by atoms with Crippen LogP contribution < -0.4 is 10.2 Å². The molecule has 3 heterocycles. The lowest BCUT2D eigenvalue weighted by molar-refractivity contribution is 0.340. The number of piperidine rings is 1. The molecule has 2 aliphatic rings. The molecule has 2 atom stereocenters. The molecule has 2 fully saturated rings. The normalized spacial score (nSPS) is 27.8. The maximum Gasteiger partial charge on any atom is 0.205 e. The Bertz CT molecular complexity index is 384. The molecule has 0 radical (unpaired) electrons. The van der Waals surface area contributed by atoms with Crippen LogP contribution in [-0.2, 0) is 6.54 Å². The maximum atomic E-state index is 4.57. The lowest BCUT2D eigenvalue weighted by Gasteiger charge is -2.24. The summed E-state index contributed by atoms with van der Waals surface area (Å²) in [5.74, 6) is 2.66. The molecule has 100 valence electrons. The molecule has 0 spiro atoms. The van der Waals surface area contributed by atoms with E-state index < -0.39 is 0 Å². The number of imidazole rings is 1. The Kier molecular flexibility index (Phi) is 3.29. The summed E-state index contributed by atoms with van der Waals surface area (Å²) >= 11 is 0. The van der Waals surface area contributed by atoms with E-state index in [9.17, 15) is 0 Å². The van der Waals surface area contributed by atoms with Crippen molar-refractivity contribution in [3.05, 3.63) is 12.4 Å². The highest BCUT2D eigenvalue weighted by atomic mass is 15.3. The average molecular weight is 248 g/mol. The number of aromatic nitrogens is 2. The van der Waals surface area contributed by atoms with Gasteiger partial charge in [-0.05, 0) is 31.2 Å². The lowest BCUT2D eigenvalue weighted by atomic mass is 9.94. The highest BCUT2D eigenvalue weighted by Gasteiger charge is 2.35. The molecular formula is C14H24N4. The first-order valence-corrected chi connectivity index (χ1v) is 7.23. The van der Waals surface area contributed by atoms with Crippen molar-refractivity contribution < 1.29 is 0 Å². The van der Waals surface area contributed by atoms with E-state index >= 15 is 0 Å². The van der Waals surface area contributed by atoms with Gasteiger partial charge >= 0.3 is 0 Å². The van der Waals surface area contributed by atoms with Crippen LogP contribution in [0.1, 0.15) is 26.7 Å². The SMILES string of the molecule is CC(C)Cn1ccnc1N1CC2CCCNC2C1. The van der Waals surface area contributed by atoms with Crippen LogP contribution >= 0.6 is 0 Å². The van der Waals surface area contributed by atoms with Crippen molar-refractivity contribution in [1.82, 2.24) is 14.9 Å². The van der Waals surface area contributed by atoms with E-state index in [4.69, 9.17) is 0 Å². The second kappa shape index (κ2) is 4.92. The van der Waals surface area contributed by atoms with Gasteiger partial charge in [0.15, 0.2) is 0 Å². The van der Waals surface area contributed by atoms with Crippen molar-refractivity contribution in [3.8, 4) is 0 Å². The molecule has 3 rings (SSSR count). The summed E-state index contributed by atoms with van der Waals surface area (Å²) in [4.78, 5) is 7.04. The number of fused-ring (bicyclic) bond motifs is 1. The Morgan fingerprint density at radius 1 is 1.44 bits per heavy atom. The molecule has 0 bridgehead atoms. The van der Waals surface area contributed by atoms with Crippen LogP contribution in [0, 0.1) is 11.8 Å². The van der Waals surface area contributed by atoms with Crippen LogP contribution in [0.5, 0.6) is 0 Å². The molecule has 0 amide bonds. The van der Waals surface area contributed by atoms with Crippen molar-refractivity contribution in [3.63, 3.8) is 0 Å². The molecular weight excluding hydrogens is 224 g/mol. The monoisotopic (exact) mass is 248 g/mol. The fraction of sp³-hybridized carbons (Fsp3) is 0.786. The van der Waals surface area contributed by atoms with E-state index in [2.05, 4.69) is 39.8 Å². The largest absolute Gasteiger partial charge is 0.340 e. The molecule has 0 saturated carbocycles. The summed E-state index contributed by atoms with van der Waals surface area (Å²) < 4.78 is 2.31. The van der Waals surface area contributed by atoms with Gasteiger partial charge in [0, 0.05) is 38.1 Å². The van der Waals surface area contributed by atoms with Crippen LogP contribution in [0.4, 0.5) is 5.95 Å². The zero-order valence-corrected chi connectivity index (χ0v) is 11.5. The number of hydrogen-bond acceptors (Lipinski definition) is 3. The summed E-state index contributed by atoms with van der Waals surface area (Å²) in [6.07, 6.45) is 6.76. The predicted octanol–water partition coefficient (Wildman–Crippen LogP) is 1.73. The van der Waals surface area contributed by atoms with Gasteiger partial charge in [-0.15, -0.1) is 0 Å². The topological polar surface area (TPSA) is 33.1 Å². The summed E-state index contributed by atoms with van der Waals surface area (Å²) in [6, 6.07) is 0.683. The molecule has 2 aliphatic heterocycles. The van der Waals surface area contributed by atoms with E-state index in [1.165, 1.54) is 31.9 Å². The van der Waals surface area contributed by atoms with Crippen molar-refractivity contribution in [1.29, 1.82) is 0 Å². The Hall–Kier alpha value is -1.03. The first-order chi connectivity index (χ1) is 8.74. The molecule has 1 N–H and O–H groups in total. The minimum absolute atomic E-state index is 0.668. The molecule has 1 aromatic heterocycles. The van der Waals surface area contributed by atoms with Crippen molar-refractivity contribution in [2.45, 2.75) is 39.3 Å². The predicted molar refractivity (Wildman–Crippen MR) is 73.8 cm³/mol. The minimum Gasteiger partial charge on any atom is -0.340 e. The van der Waals surface area contributed by atoms with Crippen LogP contribution in [-0.4, -0.2) is 35.2 Å². The van der Waals surface area contributed by atoms with Crippen LogP contribution in [0.15, 0.2) is 12.4 Å². The molecule has 2 saturated heterocycles. The summed E-state index contributed by atoms with van der Waals surface area (Å²) in [6.45, 7) is 9.07. The van der Waals surface area contributed by atoms with E-state index in [-0.39, 0.29) is 0 Å². The third-order valence-electron chi connectivity index (χ3n) is 4.14. The van der Waals surface area contributed by atoms with Gasteiger partial charge < -0.3 is 14.8 Å². The van der Waals surface area contributed by atoms with E-state index in [1.54, 1.807) is 0 Å². The number of anilines is 1. The Morgan fingerprint density at radius 3 is 3.11 bits per heavy atom. The summed E-state index contributed by atoms with van der Waals surface area (Å²) in [5.41, 5.74) is 0. The minimum atomic E-state index is 0.668. The van der Waals surface area contributed by atoms with Crippen LogP contribution in [0.2, 0.25) is 0 Å². The van der Waals surface area contributed by atoms with E-state index in [1.807, 2.05) is 6.20 Å². The summed E-state index contributed by atoms with van der Waals surface area (Å²) in [7, 11) is 0. The standard InChI is InChI=1S/C14H24N4/c1-11(2)8-17-7-6-16-14(17)18-9-12-4-3-5-15-13(12)10-18/h6-7,11-13,15H,3-5,8-10H2,1-2H3. The molecule has 18 heavy (non-hydrogen) atoms. The van der Waals surface area contributed by atoms with Gasteiger partial charge in [-0.2, -0.15) is 0 Å². The fourth-order valence-electron chi connectivity index (χ4n) is 3.33. The third kappa shape index (κ3) is 2.26. The Balaban J connectivity index is 1.73. The van der Waals surface area contributed by atoms with Gasteiger partial charge in [-0.1, -0.05) is 13.8 Å². The molecule has 0 aliphatic carbocycles. The Labute approximate surface area is 109 Å². The van der Waals surface area contributed by atoms with Crippen molar-refractivity contribution >= 4 is 5.95 Å². The van der Waals surface area contributed by atoms with Gasteiger partial charge in [0.25, 0.3) is 0 Å². The molecule has 4 heteroatoms. The second-order valence-corrected chi connectivity index (χ2v) is 6.14. The van der Waals surface area contributed by atoms with E-state index in [0.717, 1.165) is 19.0 Å². The molecule has 2 unspecified atom stereocenters. The first kappa shape index (κ1) is 12.0. The van der Waals surface area contributed by atoms with Crippen LogP contribution in [0.3, 0.4) is 0 Å². The highest BCUT2D eigenvalue weighted by Crippen LogP contribution is 2.28. The van der Waals surface area contributed by atoms with Gasteiger partial charge in [-0.3, -0.25) is 0 Å². The zero-order chi connectivity index (χ0) is 12.5. The van der Waals surface area contributed by atoms with E-state index in [0.29, 0.717) is 12.0 Å². The van der Waals surface area contributed by atoms with Gasteiger partial charge in [0.2, 0.25) is 5.95 Å². The van der Waals surface area contributed by atoms with Gasteiger partial charge in [0.05, 0.1) is 0 Å². The van der Waals surface area contributed by atoms with Gasteiger partial charge in [0.1, 0.15) is 0 Å². The second-order valence-electron chi connectivity index (χ2n) is 6.14. The first-order valence-electron chi connectivity index (χ1n) is 7.23. The Morgan fingerprint density at radius 2 is 2.33 bits per heavy atom. The number of nitrogens with one attached hydrogen (secondary N) is 1. The summed E-state index contributed by atoms with van der Waals surface area (Å²) in [5, 5.41) is 3.65. The van der Waals surface area contributed by atoms with Crippen molar-refractivity contribution in [2.75, 3.05) is 24.5 Å². The number of hydrogen-bond donors (Lipinski definition) is 1. The smallest absolute Gasteiger partial charge is 0.205 e. The molecule has 1 aromatic rings. The lowest BCUT2D eigenvalue weighted by Crippen LogP contribution is -2.40. The van der Waals surface area contributed by atoms with Crippen LogP contribution in [0.25, 0.3) is 0 Å². The third-order valence-corrected chi connectivity index (χ3v) is 4.14. The maximum absolute atomic E-state index is 4.57. The quantitative estimate of drug-likeness (QED) is 0.884.